The molecule has 7 heteroatoms. The molecular weight excluding hydrogens is 286 g/mol. The van der Waals surface area contributed by atoms with Gasteiger partial charge in [0.15, 0.2) is 11.1 Å². The smallest absolute Gasteiger partial charge is 0.192 e. The highest BCUT2D eigenvalue weighted by Gasteiger charge is 2.04. The van der Waals surface area contributed by atoms with Crippen molar-refractivity contribution in [3.05, 3.63) is 35.2 Å². The Kier molecular flexibility index (Phi) is 5.62. The summed E-state index contributed by atoms with van der Waals surface area (Å²) in [6.45, 7) is 4.01. The SMILES string of the molecule is CCNC(=NCc1csc(N(C)C)n1)NCc1ccco1. The Bertz CT molecular complexity index is 562. The van der Waals surface area contributed by atoms with Gasteiger partial charge in [-0.25, -0.2) is 9.98 Å². The molecule has 0 amide bonds. The summed E-state index contributed by atoms with van der Waals surface area (Å²) in [5, 5.41) is 9.47. The average molecular weight is 307 g/mol. The maximum Gasteiger partial charge on any atom is 0.192 e. The van der Waals surface area contributed by atoms with E-state index in [1.807, 2.05) is 43.4 Å². The molecule has 0 aliphatic carbocycles. The lowest BCUT2D eigenvalue weighted by atomic mass is 10.4. The van der Waals surface area contributed by atoms with Gasteiger partial charge in [0.2, 0.25) is 0 Å². The quantitative estimate of drug-likeness (QED) is 0.632. The van der Waals surface area contributed by atoms with Crippen molar-refractivity contribution < 1.29 is 4.42 Å². The van der Waals surface area contributed by atoms with Gasteiger partial charge in [-0.15, -0.1) is 11.3 Å². The van der Waals surface area contributed by atoms with Crippen LogP contribution >= 0.6 is 11.3 Å². The summed E-state index contributed by atoms with van der Waals surface area (Å²) in [4.78, 5) is 11.0. The van der Waals surface area contributed by atoms with Crippen molar-refractivity contribution in [2.45, 2.75) is 20.0 Å². The second-order valence-corrected chi connectivity index (χ2v) is 5.48. The van der Waals surface area contributed by atoms with Gasteiger partial charge in [0.25, 0.3) is 0 Å². The number of aliphatic imine (C=N–C) groups is 1. The van der Waals surface area contributed by atoms with Gasteiger partial charge in [-0.1, -0.05) is 0 Å². The zero-order valence-corrected chi connectivity index (χ0v) is 13.4. The molecule has 0 radical (unpaired) electrons. The monoisotopic (exact) mass is 307 g/mol. The van der Waals surface area contributed by atoms with Crippen LogP contribution in [0.3, 0.4) is 0 Å². The number of hydrogen-bond donors (Lipinski definition) is 2. The van der Waals surface area contributed by atoms with Crippen LogP contribution in [0.15, 0.2) is 33.2 Å². The third kappa shape index (κ3) is 4.78. The number of thiazole rings is 1. The molecule has 0 fully saturated rings. The van der Waals surface area contributed by atoms with Crippen LogP contribution in [0.1, 0.15) is 18.4 Å². The first-order valence-corrected chi connectivity index (χ1v) is 7.73. The van der Waals surface area contributed by atoms with Crippen LogP contribution in [0.4, 0.5) is 5.13 Å². The summed E-state index contributed by atoms with van der Waals surface area (Å²) in [6, 6.07) is 3.81. The van der Waals surface area contributed by atoms with Crippen molar-refractivity contribution in [2.75, 3.05) is 25.5 Å². The van der Waals surface area contributed by atoms with E-state index < -0.39 is 0 Å². The highest BCUT2D eigenvalue weighted by molar-refractivity contribution is 7.13. The Morgan fingerprint density at radius 1 is 1.43 bits per heavy atom. The topological polar surface area (TPSA) is 65.7 Å². The molecule has 21 heavy (non-hydrogen) atoms. The first kappa shape index (κ1) is 15.4. The van der Waals surface area contributed by atoms with Crippen molar-refractivity contribution >= 4 is 22.4 Å². The van der Waals surface area contributed by atoms with E-state index in [0.29, 0.717) is 13.1 Å². The molecule has 0 aliphatic heterocycles. The van der Waals surface area contributed by atoms with E-state index in [1.165, 1.54) is 0 Å². The van der Waals surface area contributed by atoms with Gasteiger partial charge in [0.05, 0.1) is 25.0 Å². The molecule has 6 nitrogen and oxygen atoms in total. The number of furan rings is 1. The highest BCUT2D eigenvalue weighted by Crippen LogP contribution is 2.18. The van der Waals surface area contributed by atoms with E-state index in [1.54, 1.807) is 17.6 Å². The molecule has 2 aromatic rings. The number of rotatable bonds is 6. The van der Waals surface area contributed by atoms with Crippen molar-refractivity contribution in [3.8, 4) is 0 Å². The minimum absolute atomic E-state index is 0.553. The Morgan fingerprint density at radius 2 is 2.29 bits per heavy atom. The maximum atomic E-state index is 5.29. The highest BCUT2D eigenvalue weighted by atomic mass is 32.1. The minimum atomic E-state index is 0.553. The summed E-state index contributed by atoms with van der Waals surface area (Å²) in [6.07, 6.45) is 1.67. The van der Waals surface area contributed by atoms with E-state index in [4.69, 9.17) is 4.42 Å². The van der Waals surface area contributed by atoms with Crippen LogP contribution in [0, 0.1) is 0 Å². The lowest BCUT2D eigenvalue weighted by Gasteiger charge is -2.09. The van der Waals surface area contributed by atoms with Crippen LogP contribution in [-0.2, 0) is 13.1 Å². The molecule has 2 N–H and O–H groups in total. The molecule has 0 spiro atoms. The van der Waals surface area contributed by atoms with Crippen molar-refractivity contribution in [1.82, 2.24) is 15.6 Å². The van der Waals surface area contributed by atoms with Crippen LogP contribution in [0.2, 0.25) is 0 Å². The number of hydrogen-bond acceptors (Lipinski definition) is 5. The summed E-state index contributed by atoms with van der Waals surface area (Å²) in [5.74, 6) is 1.64. The molecule has 2 rings (SSSR count). The molecule has 0 saturated carbocycles. The second kappa shape index (κ2) is 7.68. The fourth-order valence-electron chi connectivity index (χ4n) is 1.66. The molecule has 2 heterocycles. The van der Waals surface area contributed by atoms with Crippen molar-refractivity contribution in [2.24, 2.45) is 4.99 Å². The zero-order valence-electron chi connectivity index (χ0n) is 12.6. The molecule has 0 atom stereocenters. The normalized spacial score (nSPS) is 11.5. The number of anilines is 1. The Hall–Kier alpha value is -2.02. The number of nitrogens with zero attached hydrogens (tertiary/aromatic N) is 3. The van der Waals surface area contributed by atoms with E-state index in [2.05, 4.69) is 20.6 Å². The van der Waals surface area contributed by atoms with Gasteiger partial charge in [0.1, 0.15) is 5.76 Å². The van der Waals surface area contributed by atoms with E-state index >= 15 is 0 Å². The van der Waals surface area contributed by atoms with E-state index in [9.17, 15) is 0 Å². The Morgan fingerprint density at radius 3 is 2.90 bits per heavy atom. The van der Waals surface area contributed by atoms with Crippen LogP contribution in [0.25, 0.3) is 0 Å². The molecule has 0 unspecified atom stereocenters. The van der Waals surface area contributed by atoms with Crippen LogP contribution in [-0.4, -0.2) is 31.6 Å². The van der Waals surface area contributed by atoms with E-state index in [-0.39, 0.29) is 0 Å². The first-order valence-electron chi connectivity index (χ1n) is 6.85. The Labute approximate surface area is 128 Å². The lowest BCUT2D eigenvalue weighted by molar-refractivity contribution is 0.501. The fraction of sp³-hybridized carbons (Fsp3) is 0.429. The average Bonchev–Trinajstić information content (AvgIpc) is 3.13. The van der Waals surface area contributed by atoms with Gasteiger partial charge in [-0.05, 0) is 19.1 Å². The van der Waals surface area contributed by atoms with Crippen LogP contribution < -0.4 is 15.5 Å². The van der Waals surface area contributed by atoms with Gasteiger partial charge in [0, 0.05) is 26.0 Å². The van der Waals surface area contributed by atoms with Crippen molar-refractivity contribution in [3.63, 3.8) is 0 Å². The van der Waals surface area contributed by atoms with Gasteiger partial charge < -0.3 is 20.0 Å². The standard InChI is InChI=1S/C14H21N5OS/c1-4-15-13(17-9-12-6-5-7-20-12)16-8-11-10-21-14(18-11)19(2)3/h5-7,10H,4,8-9H2,1-3H3,(H2,15,16,17). The number of nitrogens with one attached hydrogen (secondary N) is 2. The summed E-state index contributed by atoms with van der Waals surface area (Å²) >= 11 is 1.62. The third-order valence-corrected chi connectivity index (χ3v) is 3.73. The molecule has 2 aromatic heterocycles. The molecule has 0 bridgehead atoms. The van der Waals surface area contributed by atoms with Gasteiger partial charge in [-0.2, -0.15) is 0 Å². The third-order valence-electron chi connectivity index (χ3n) is 2.68. The number of guanidine groups is 1. The molecule has 0 aromatic carbocycles. The minimum Gasteiger partial charge on any atom is -0.467 e. The molecule has 0 aliphatic rings. The lowest BCUT2D eigenvalue weighted by Crippen LogP contribution is -2.36. The summed E-state index contributed by atoms with van der Waals surface area (Å²) in [7, 11) is 3.97. The predicted molar refractivity (Wildman–Crippen MR) is 86.8 cm³/mol. The fourth-order valence-corrected chi connectivity index (χ4v) is 2.41. The molecular formula is C14H21N5OS. The first-order chi connectivity index (χ1) is 10.2. The summed E-state index contributed by atoms with van der Waals surface area (Å²) in [5.41, 5.74) is 0.971. The van der Waals surface area contributed by atoms with Gasteiger partial charge >= 0.3 is 0 Å². The predicted octanol–water partition coefficient (Wildman–Crippen LogP) is 2.06. The molecule has 114 valence electrons. The van der Waals surface area contributed by atoms with Crippen LogP contribution in [0.5, 0.6) is 0 Å². The zero-order chi connectivity index (χ0) is 15.1. The Balaban J connectivity index is 1.92. The largest absolute Gasteiger partial charge is 0.467 e. The maximum absolute atomic E-state index is 5.29. The van der Waals surface area contributed by atoms with Crippen molar-refractivity contribution in [1.29, 1.82) is 0 Å². The van der Waals surface area contributed by atoms with Gasteiger partial charge in [-0.3, -0.25) is 0 Å². The second-order valence-electron chi connectivity index (χ2n) is 4.64. The number of aromatic nitrogens is 1. The molecule has 0 saturated heterocycles. The summed E-state index contributed by atoms with van der Waals surface area (Å²) < 4.78 is 5.29. The van der Waals surface area contributed by atoms with E-state index in [0.717, 1.165) is 29.1 Å².